The molecular weight excluding hydrogens is 288 g/mol. The van der Waals surface area contributed by atoms with Crippen LogP contribution in [0.5, 0.6) is 0 Å². The fourth-order valence-corrected chi connectivity index (χ4v) is 1.76. The van der Waals surface area contributed by atoms with Gasteiger partial charge in [-0.25, -0.2) is 0 Å². The van der Waals surface area contributed by atoms with E-state index in [-0.39, 0.29) is 28.4 Å². The zero-order chi connectivity index (χ0) is 15.4. The predicted molar refractivity (Wildman–Crippen MR) is 73.3 cm³/mol. The molecule has 108 valence electrons. The van der Waals surface area contributed by atoms with Gasteiger partial charge in [-0.3, -0.25) is 19.7 Å². The smallest absolute Gasteiger partial charge is 0.271 e. The molecule has 1 atom stereocenters. The average molecular weight is 301 g/mol. The number of hydrogen-bond acceptors (Lipinski definition) is 5. The summed E-state index contributed by atoms with van der Waals surface area (Å²) in [6, 6.07) is 1.55. The van der Waals surface area contributed by atoms with Gasteiger partial charge in [-0.2, -0.15) is 0 Å². The number of nitro benzene ring substituents is 1. The van der Waals surface area contributed by atoms with Crippen LogP contribution in [0.2, 0.25) is 5.02 Å². The van der Waals surface area contributed by atoms with E-state index in [0.717, 1.165) is 12.1 Å². The third-order valence-electron chi connectivity index (χ3n) is 2.45. The minimum Gasteiger partial charge on any atom is -0.397 e. The molecule has 0 saturated heterocycles. The van der Waals surface area contributed by atoms with Gasteiger partial charge < -0.3 is 16.8 Å². The monoisotopic (exact) mass is 300 g/mol. The highest BCUT2D eigenvalue weighted by atomic mass is 35.5. The first kappa shape index (κ1) is 15.7. The molecule has 2 amide bonds. The van der Waals surface area contributed by atoms with Crippen molar-refractivity contribution in [3.8, 4) is 0 Å². The first-order chi connectivity index (χ1) is 9.22. The molecule has 0 aromatic heterocycles. The van der Waals surface area contributed by atoms with E-state index in [0.29, 0.717) is 0 Å². The van der Waals surface area contributed by atoms with Gasteiger partial charge in [-0.05, 0) is 6.92 Å². The molecule has 0 fully saturated rings. The number of halogens is 1. The van der Waals surface area contributed by atoms with E-state index in [1.807, 2.05) is 0 Å². The second-order valence-corrected chi connectivity index (χ2v) is 4.60. The number of nitrogens with two attached hydrogens (primary N) is 2. The summed E-state index contributed by atoms with van der Waals surface area (Å²) in [5, 5.41) is 13.1. The summed E-state index contributed by atoms with van der Waals surface area (Å²) in [4.78, 5) is 32.7. The van der Waals surface area contributed by atoms with Crippen molar-refractivity contribution in [3.63, 3.8) is 0 Å². The molecule has 8 nitrogen and oxygen atoms in total. The number of carbonyl (C=O) groups is 2. The third kappa shape index (κ3) is 3.82. The van der Waals surface area contributed by atoms with Crippen molar-refractivity contribution in [2.75, 3.05) is 5.73 Å². The van der Waals surface area contributed by atoms with E-state index >= 15 is 0 Å². The van der Waals surface area contributed by atoms with Crippen molar-refractivity contribution in [1.82, 2.24) is 5.32 Å². The number of rotatable bonds is 5. The molecule has 0 spiro atoms. The highest BCUT2D eigenvalue weighted by Crippen LogP contribution is 2.28. The molecule has 1 aromatic carbocycles. The van der Waals surface area contributed by atoms with E-state index < -0.39 is 22.8 Å². The topological polar surface area (TPSA) is 141 Å². The number of nitrogens with zero attached hydrogens (tertiary/aromatic N) is 1. The molecule has 1 rings (SSSR count). The van der Waals surface area contributed by atoms with Crippen LogP contribution in [-0.4, -0.2) is 22.8 Å². The fourth-order valence-electron chi connectivity index (χ4n) is 1.55. The van der Waals surface area contributed by atoms with Crippen LogP contribution in [-0.2, 0) is 4.79 Å². The van der Waals surface area contributed by atoms with Crippen molar-refractivity contribution in [1.29, 1.82) is 0 Å². The summed E-state index contributed by atoms with van der Waals surface area (Å²) >= 11 is 5.74. The van der Waals surface area contributed by atoms with Gasteiger partial charge in [0.05, 0.1) is 21.2 Å². The number of non-ortho nitro benzene ring substituents is 1. The molecule has 0 saturated carbocycles. The zero-order valence-electron chi connectivity index (χ0n) is 10.6. The van der Waals surface area contributed by atoms with Crippen LogP contribution in [0.3, 0.4) is 0 Å². The molecule has 0 heterocycles. The number of benzene rings is 1. The highest BCUT2D eigenvalue weighted by molar-refractivity contribution is 6.34. The van der Waals surface area contributed by atoms with Gasteiger partial charge in [-0.15, -0.1) is 0 Å². The Hall–Kier alpha value is -2.35. The summed E-state index contributed by atoms with van der Waals surface area (Å²) in [5.41, 5.74) is 10.1. The Morgan fingerprint density at radius 3 is 2.60 bits per heavy atom. The van der Waals surface area contributed by atoms with Crippen molar-refractivity contribution in [3.05, 3.63) is 32.8 Å². The lowest BCUT2D eigenvalue weighted by Crippen LogP contribution is -2.36. The second kappa shape index (κ2) is 6.20. The molecule has 9 heteroatoms. The van der Waals surface area contributed by atoms with E-state index in [9.17, 15) is 19.7 Å². The van der Waals surface area contributed by atoms with Gasteiger partial charge in [0, 0.05) is 24.6 Å². The van der Waals surface area contributed by atoms with Crippen LogP contribution in [0.25, 0.3) is 0 Å². The lowest BCUT2D eigenvalue weighted by molar-refractivity contribution is -0.384. The molecule has 20 heavy (non-hydrogen) atoms. The molecule has 0 aliphatic carbocycles. The molecular formula is C11H13ClN4O4. The number of nitrogens with one attached hydrogen (secondary N) is 1. The van der Waals surface area contributed by atoms with Crippen LogP contribution in [0.15, 0.2) is 12.1 Å². The predicted octanol–water partition coefficient (Wildman–Crippen LogP) is 0.824. The van der Waals surface area contributed by atoms with Crippen LogP contribution in [0.4, 0.5) is 11.4 Å². The Morgan fingerprint density at radius 2 is 2.10 bits per heavy atom. The Bertz CT molecular complexity index is 576. The number of primary amides is 1. The SMILES string of the molecule is CC(CC(N)=O)NC(=O)c1cc([N+](=O)[O-])cc(Cl)c1N. The molecule has 0 aliphatic rings. The maximum absolute atomic E-state index is 12.0. The van der Waals surface area contributed by atoms with Crippen LogP contribution in [0.1, 0.15) is 23.7 Å². The maximum atomic E-state index is 12.0. The third-order valence-corrected chi connectivity index (χ3v) is 2.77. The van der Waals surface area contributed by atoms with Crippen molar-refractivity contribution >= 4 is 34.8 Å². The quantitative estimate of drug-likeness (QED) is 0.419. The van der Waals surface area contributed by atoms with E-state index in [2.05, 4.69) is 5.32 Å². The lowest BCUT2D eigenvalue weighted by atomic mass is 10.1. The Kier molecular flexibility index (Phi) is 4.87. The largest absolute Gasteiger partial charge is 0.397 e. The first-order valence-corrected chi connectivity index (χ1v) is 5.92. The molecule has 0 radical (unpaired) electrons. The Balaban J connectivity index is 3.03. The van der Waals surface area contributed by atoms with Gasteiger partial charge in [-0.1, -0.05) is 11.6 Å². The number of anilines is 1. The standard InChI is InChI=1S/C11H13ClN4O4/c1-5(2-9(13)17)15-11(18)7-3-6(16(19)20)4-8(12)10(7)14/h3-5H,2,14H2,1H3,(H2,13,17)(H,15,18). The maximum Gasteiger partial charge on any atom is 0.271 e. The summed E-state index contributed by atoms with van der Waals surface area (Å²) in [6.45, 7) is 1.57. The van der Waals surface area contributed by atoms with Gasteiger partial charge in [0.1, 0.15) is 0 Å². The number of carbonyl (C=O) groups excluding carboxylic acids is 2. The number of nitro groups is 1. The zero-order valence-corrected chi connectivity index (χ0v) is 11.3. The summed E-state index contributed by atoms with van der Waals surface area (Å²) < 4.78 is 0. The molecule has 1 unspecified atom stereocenters. The minimum absolute atomic E-state index is 0.0612. The summed E-state index contributed by atoms with van der Waals surface area (Å²) in [5.74, 6) is -1.25. The van der Waals surface area contributed by atoms with Crippen molar-refractivity contribution < 1.29 is 14.5 Å². The van der Waals surface area contributed by atoms with Crippen molar-refractivity contribution in [2.45, 2.75) is 19.4 Å². The molecule has 0 bridgehead atoms. The second-order valence-electron chi connectivity index (χ2n) is 4.19. The highest BCUT2D eigenvalue weighted by Gasteiger charge is 2.20. The fraction of sp³-hybridized carbons (Fsp3) is 0.273. The number of nitrogen functional groups attached to an aromatic ring is 1. The number of amides is 2. The van der Waals surface area contributed by atoms with Gasteiger partial charge in [0.2, 0.25) is 5.91 Å². The normalized spacial score (nSPS) is 11.7. The van der Waals surface area contributed by atoms with Crippen LogP contribution in [0, 0.1) is 10.1 Å². The van der Waals surface area contributed by atoms with Gasteiger partial charge >= 0.3 is 0 Å². The van der Waals surface area contributed by atoms with Gasteiger partial charge in [0.25, 0.3) is 11.6 Å². The van der Waals surface area contributed by atoms with Gasteiger partial charge in [0.15, 0.2) is 0 Å². The number of hydrogen-bond donors (Lipinski definition) is 3. The van der Waals surface area contributed by atoms with E-state index in [1.54, 1.807) is 6.92 Å². The lowest BCUT2D eigenvalue weighted by Gasteiger charge is -2.13. The average Bonchev–Trinajstić information content (AvgIpc) is 2.30. The summed E-state index contributed by atoms with van der Waals surface area (Å²) in [6.07, 6.45) is -0.0612. The van der Waals surface area contributed by atoms with E-state index in [1.165, 1.54) is 0 Å². The Morgan fingerprint density at radius 1 is 1.50 bits per heavy atom. The van der Waals surface area contributed by atoms with Crippen LogP contribution >= 0.6 is 11.6 Å². The Labute approximate surface area is 119 Å². The molecule has 1 aromatic rings. The molecule has 0 aliphatic heterocycles. The summed E-state index contributed by atoms with van der Waals surface area (Å²) in [7, 11) is 0. The van der Waals surface area contributed by atoms with Crippen molar-refractivity contribution in [2.24, 2.45) is 5.73 Å². The first-order valence-electron chi connectivity index (χ1n) is 5.55. The van der Waals surface area contributed by atoms with Crippen LogP contribution < -0.4 is 16.8 Å². The molecule has 5 N–H and O–H groups in total. The minimum atomic E-state index is -0.686. The van der Waals surface area contributed by atoms with E-state index in [4.69, 9.17) is 23.1 Å².